The number of fused-ring (bicyclic) bond motifs is 2. The Hall–Kier alpha value is -4.90. The van der Waals surface area contributed by atoms with Crippen LogP contribution < -0.4 is 14.4 Å². The molecular weight excluding hydrogens is 434 g/mol. The van der Waals surface area contributed by atoms with E-state index in [9.17, 15) is 0 Å². The molecule has 2 aromatic heterocycles. The number of anilines is 3. The molecule has 0 unspecified atom stereocenters. The van der Waals surface area contributed by atoms with Gasteiger partial charge in [-0.3, -0.25) is 0 Å². The normalized spacial score (nSPS) is 11.8. The van der Waals surface area contributed by atoms with Gasteiger partial charge in [0.25, 0.3) is 0 Å². The highest BCUT2D eigenvalue weighted by Crippen LogP contribution is 2.44. The van der Waals surface area contributed by atoms with Gasteiger partial charge in [0.15, 0.2) is 0 Å². The maximum Gasteiger partial charge on any atom is 0.219 e. The van der Waals surface area contributed by atoms with Gasteiger partial charge in [-0.25, -0.2) is 9.97 Å². The Balaban J connectivity index is 1.45. The fraction of sp³-hybridized carbons (Fsp3) is 0. The van der Waals surface area contributed by atoms with E-state index in [1.165, 1.54) is 0 Å². The van der Waals surface area contributed by atoms with E-state index in [1.54, 1.807) is 12.4 Å². The van der Waals surface area contributed by atoms with Gasteiger partial charge in [-0.1, -0.05) is 48.6 Å². The molecule has 0 fully saturated rings. The molecule has 0 atom stereocenters. The molecule has 0 saturated carbocycles. The minimum absolute atomic E-state index is 0.550. The van der Waals surface area contributed by atoms with Crippen molar-refractivity contribution in [2.45, 2.75) is 0 Å². The number of nitrogens with zero attached hydrogens (tertiary/aromatic N) is 3. The summed E-state index contributed by atoms with van der Waals surface area (Å²) >= 11 is 0. The highest BCUT2D eigenvalue weighted by Gasteiger charge is 2.21. The zero-order valence-electron chi connectivity index (χ0n) is 18.8. The van der Waals surface area contributed by atoms with Crippen molar-refractivity contribution in [2.75, 3.05) is 4.90 Å². The molecule has 35 heavy (non-hydrogen) atoms. The van der Waals surface area contributed by atoms with Gasteiger partial charge in [-0.15, -0.1) is 0 Å². The summed E-state index contributed by atoms with van der Waals surface area (Å²) in [6.45, 7) is 0. The Kier molecular flexibility index (Phi) is 5.41. The van der Waals surface area contributed by atoms with E-state index >= 15 is 0 Å². The number of rotatable bonds is 5. The zero-order chi connectivity index (χ0) is 23.5. The lowest BCUT2D eigenvalue weighted by Crippen LogP contribution is -2.12. The first-order valence-corrected chi connectivity index (χ1v) is 11.3. The molecule has 0 amide bonds. The number of aromatic nitrogens is 2. The molecule has 168 valence electrons. The second kappa shape index (κ2) is 9.15. The third-order valence-electron chi connectivity index (χ3n) is 5.66. The fourth-order valence-corrected chi connectivity index (χ4v) is 4.08. The van der Waals surface area contributed by atoms with Crippen LogP contribution in [0.1, 0.15) is 11.1 Å². The van der Waals surface area contributed by atoms with Crippen LogP contribution in [0.3, 0.4) is 0 Å². The third kappa shape index (κ3) is 4.35. The number of ether oxygens (including phenoxy) is 2. The summed E-state index contributed by atoms with van der Waals surface area (Å²) in [5, 5.41) is 0. The number of hydrogen-bond donors (Lipinski definition) is 0. The molecule has 0 radical (unpaired) electrons. The lowest BCUT2D eigenvalue weighted by atomic mass is 10.1. The lowest BCUT2D eigenvalue weighted by molar-refractivity contribution is 0.463. The second-order valence-electron chi connectivity index (χ2n) is 7.99. The van der Waals surface area contributed by atoms with Crippen LogP contribution >= 0.6 is 0 Å². The highest BCUT2D eigenvalue weighted by molar-refractivity contribution is 5.93. The second-order valence-corrected chi connectivity index (χ2v) is 7.99. The van der Waals surface area contributed by atoms with E-state index in [4.69, 9.17) is 9.47 Å². The van der Waals surface area contributed by atoms with Crippen molar-refractivity contribution in [3.05, 3.63) is 127 Å². The largest absolute Gasteiger partial charge is 0.439 e. The average molecular weight is 456 g/mol. The molecular formula is C30H21N3O2. The van der Waals surface area contributed by atoms with Gasteiger partial charge in [0.1, 0.15) is 11.5 Å². The quantitative estimate of drug-likeness (QED) is 0.263. The molecule has 0 spiro atoms. The maximum atomic E-state index is 6.07. The van der Waals surface area contributed by atoms with E-state index in [-0.39, 0.29) is 0 Å². The monoisotopic (exact) mass is 455 g/mol. The van der Waals surface area contributed by atoms with Crippen molar-refractivity contribution in [1.82, 2.24) is 9.97 Å². The highest BCUT2D eigenvalue weighted by atomic mass is 16.5. The summed E-state index contributed by atoms with van der Waals surface area (Å²) in [6.07, 6.45) is 7.71. The van der Waals surface area contributed by atoms with Crippen LogP contribution in [0.15, 0.2) is 116 Å². The van der Waals surface area contributed by atoms with Crippen molar-refractivity contribution in [3.63, 3.8) is 0 Å². The van der Waals surface area contributed by atoms with Crippen LogP contribution in [0.5, 0.6) is 23.3 Å². The van der Waals surface area contributed by atoms with E-state index in [2.05, 4.69) is 51.3 Å². The van der Waals surface area contributed by atoms with Crippen molar-refractivity contribution >= 4 is 29.2 Å². The predicted molar refractivity (Wildman–Crippen MR) is 139 cm³/mol. The number of benzene rings is 3. The number of hydrogen-bond acceptors (Lipinski definition) is 5. The SMILES string of the molecule is C1=Cc2ccc(Oc3ccccn3)cc2N(c2cccc(Oc3ccccn3)c2)c2ccccc21. The first-order valence-electron chi connectivity index (χ1n) is 11.3. The van der Waals surface area contributed by atoms with Crippen molar-refractivity contribution in [2.24, 2.45) is 0 Å². The Morgan fingerprint density at radius 2 is 1.17 bits per heavy atom. The van der Waals surface area contributed by atoms with Crippen LogP contribution in [0.4, 0.5) is 17.1 Å². The molecule has 0 bridgehead atoms. The van der Waals surface area contributed by atoms with Gasteiger partial charge in [0, 0.05) is 42.3 Å². The van der Waals surface area contributed by atoms with Crippen molar-refractivity contribution in [3.8, 4) is 23.3 Å². The third-order valence-corrected chi connectivity index (χ3v) is 5.66. The molecule has 6 rings (SSSR count). The first kappa shape index (κ1) is 20.7. The van der Waals surface area contributed by atoms with Crippen molar-refractivity contribution in [1.29, 1.82) is 0 Å². The van der Waals surface area contributed by atoms with Gasteiger partial charge in [-0.05, 0) is 53.6 Å². The number of pyridine rings is 2. The summed E-state index contributed by atoms with van der Waals surface area (Å²) < 4.78 is 12.1. The molecule has 5 nitrogen and oxygen atoms in total. The first-order chi connectivity index (χ1) is 17.3. The minimum atomic E-state index is 0.550. The molecule has 3 heterocycles. The van der Waals surface area contributed by atoms with E-state index in [1.807, 2.05) is 78.9 Å². The summed E-state index contributed by atoms with van der Waals surface area (Å²) in [5.74, 6) is 2.52. The molecule has 0 saturated heterocycles. The molecule has 1 aliphatic rings. The Morgan fingerprint density at radius 1 is 0.514 bits per heavy atom. The summed E-state index contributed by atoms with van der Waals surface area (Å²) in [5.41, 5.74) is 5.21. The number of para-hydroxylation sites is 1. The van der Waals surface area contributed by atoms with Crippen LogP contribution in [0.2, 0.25) is 0 Å². The topological polar surface area (TPSA) is 47.5 Å². The molecule has 5 aromatic rings. The van der Waals surface area contributed by atoms with E-state index < -0.39 is 0 Å². The smallest absolute Gasteiger partial charge is 0.219 e. The van der Waals surface area contributed by atoms with Crippen LogP contribution in [-0.4, -0.2) is 9.97 Å². The average Bonchev–Trinajstić information content (AvgIpc) is 3.07. The van der Waals surface area contributed by atoms with E-state index in [0.29, 0.717) is 23.3 Å². The fourth-order valence-electron chi connectivity index (χ4n) is 4.08. The molecule has 3 aromatic carbocycles. The van der Waals surface area contributed by atoms with Gasteiger partial charge in [-0.2, -0.15) is 0 Å². The predicted octanol–water partition coefficient (Wildman–Crippen LogP) is 8.01. The van der Waals surface area contributed by atoms with Crippen LogP contribution in [-0.2, 0) is 0 Å². The molecule has 1 aliphatic heterocycles. The Morgan fingerprint density at radius 3 is 1.89 bits per heavy atom. The van der Waals surface area contributed by atoms with Crippen molar-refractivity contribution < 1.29 is 9.47 Å². The van der Waals surface area contributed by atoms with Crippen LogP contribution in [0.25, 0.3) is 12.2 Å². The van der Waals surface area contributed by atoms with Gasteiger partial charge in [0.05, 0.1) is 11.4 Å². The summed E-state index contributed by atoms with van der Waals surface area (Å²) in [4.78, 5) is 10.8. The van der Waals surface area contributed by atoms with E-state index in [0.717, 1.165) is 28.2 Å². The Bertz CT molecular complexity index is 1500. The molecule has 0 aliphatic carbocycles. The molecule has 0 N–H and O–H groups in total. The maximum absolute atomic E-state index is 6.07. The van der Waals surface area contributed by atoms with Gasteiger partial charge >= 0.3 is 0 Å². The zero-order valence-corrected chi connectivity index (χ0v) is 18.8. The summed E-state index contributed by atoms with van der Waals surface area (Å²) in [7, 11) is 0. The Labute approximate surface area is 203 Å². The molecule has 5 heteroatoms. The standard InChI is InChI=1S/C30H21N3O2/c1-2-11-27-22(8-1)14-15-23-16-17-26(35-30-13-4-6-19-32-30)21-28(23)33(27)24-9-7-10-25(20-24)34-29-12-3-5-18-31-29/h1-21H. The summed E-state index contributed by atoms with van der Waals surface area (Å²) in [6, 6.07) is 33.7. The van der Waals surface area contributed by atoms with Gasteiger partial charge in [0.2, 0.25) is 11.8 Å². The van der Waals surface area contributed by atoms with Crippen LogP contribution in [0, 0.1) is 0 Å². The lowest BCUT2D eigenvalue weighted by Gasteiger charge is -2.27. The van der Waals surface area contributed by atoms with Gasteiger partial charge < -0.3 is 14.4 Å². The minimum Gasteiger partial charge on any atom is -0.439 e.